The minimum Gasteiger partial charge on any atom is -0.493 e. The molecule has 1 aliphatic rings. The maximum atomic E-state index is 5.54. The fraction of sp³-hybridized carbons (Fsp3) is 0.292. The molecule has 5 rings (SSSR count). The Labute approximate surface area is 181 Å². The third-order valence-electron chi connectivity index (χ3n) is 6.05. The van der Waals surface area contributed by atoms with Crippen molar-refractivity contribution in [2.24, 2.45) is 0 Å². The molecular formula is C24H25N5O2. The van der Waals surface area contributed by atoms with E-state index >= 15 is 0 Å². The molecule has 31 heavy (non-hydrogen) atoms. The first-order chi connectivity index (χ1) is 15.1. The second-order valence-corrected chi connectivity index (χ2v) is 7.86. The summed E-state index contributed by atoms with van der Waals surface area (Å²) in [5, 5.41) is 5.58. The van der Waals surface area contributed by atoms with Crippen LogP contribution in [0.3, 0.4) is 0 Å². The highest BCUT2D eigenvalue weighted by Crippen LogP contribution is 2.40. The van der Waals surface area contributed by atoms with Crippen LogP contribution in [0.4, 0.5) is 5.82 Å². The smallest absolute Gasteiger partial charge is 0.168 e. The molecule has 2 aromatic carbocycles. The SMILES string of the molecule is COc1cc2c(cc1OC)C(C)N(c1ncnc3c1cnn3-c1cccc(C)c1)CC2. The van der Waals surface area contributed by atoms with Crippen molar-refractivity contribution >= 4 is 16.9 Å². The zero-order valence-corrected chi connectivity index (χ0v) is 18.2. The van der Waals surface area contributed by atoms with Crippen LogP contribution in [-0.4, -0.2) is 40.5 Å². The van der Waals surface area contributed by atoms with Gasteiger partial charge in [0.15, 0.2) is 17.1 Å². The molecule has 158 valence electrons. The van der Waals surface area contributed by atoms with Crippen LogP contribution in [0.15, 0.2) is 48.9 Å². The number of benzene rings is 2. The molecular weight excluding hydrogens is 390 g/mol. The van der Waals surface area contributed by atoms with Crippen LogP contribution in [-0.2, 0) is 6.42 Å². The third-order valence-corrected chi connectivity index (χ3v) is 6.05. The second-order valence-electron chi connectivity index (χ2n) is 7.86. The highest BCUT2D eigenvalue weighted by atomic mass is 16.5. The molecule has 0 radical (unpaired) electrons. The van der Waals surface area contributed by atoms with Crippen molar-refractivity contribution in [2.45, 2.75) is 26.3 Å². The summed E-state index contributed by atoms with van der Waals surface area (Å²) in [6.45, 7) is 5.12. The number of rotatable bonds is 4. The zero-order chi connectivity index (χ0) is 21.5. The van der Waals surface area contributed by atoms with E-state index in [0.29, 0.717) is 0 Å². The predicted molar refractivity (Wildman–Crippen MR) is 120 cm³/mol. The van der Waals surface area contributed by atoms with Gasteiger partial charge in [0, 0.05) is 6.54 Å². The average Bonchev–Trinajstić information content (AvgIpc) is 3.23. The van der Waals surface area contributed by atoms with Gasteiger partial charge in [-0.2, -0.15) is 5.10 Å². The third kappa shape index (κ3) is 3.17. The predicted octanol–water partition coefficient (Wildman–Crippen LogP) is 4.26. The number of aryl methyl sites for hydroxylation is 1. The summed E-state index contributed by atoms with van der Waals surface area (Å²) in [4.78, 5) is 11.5. The largest absolute Gasteiger partial charge is 0.493 e. The fourth-order valence-corrected chi connectivity index (χ4v) is 4.44. The van der Waals surface area contributed by atoms with Crippen molar-refractivity contribution in [3.05, 3.63) is 65.6 Å². The van der Waals surface area contributed by atoms with Gasteiger partial charge in [-0.1, -0.05) is 12.1 Å². The van der Waals surface area contributed by atoms with Gasteiger partial charge in [-0.05, 0) is 61.2 Å². The van der Waals surface area contributed by atoms with Crippen molar-refractivity contribution in [1.29, 1.82) is 0 Å². The lowest BCUT2D eigenvalue weighted by molar-refractivity contribution is 0.353. The minimum atomic E-state index is 0.129. The van der Waals surface area contributed by atoms with E-state index in [1.807, 2.05) is 23.0 Å². The van der Waals surface area contributed by atoms with Gasteiger partial charge in [0.2, 0.25) is 0 Å². The summed E-state index contributed by atoms with van der Waals surface area (Å²) in [5.41, 5.74) is 5.49. The van der Waals surface area contributed by atoms with E-state index in [9.17, 15) is 0 Å². The number of anilines is 1. The van der Waals surface area contributed by atoms with Gasteiger partial charge in [0.05, 0.1) is 37.5 Å². The Bertz CT molecular complexity index is 1270. The van der Waals surface area contributed by atoms with Crippen LogP contribution in [0.25, 0.3) is 16.7 Å². The first-order valence-electron chi connectivity index (χ1n) is 10.4. The molecule has 0 spiro atoms. The monoisotopic (exact) mass is 415 g/mol. The van der Waals surface area contributed by atoms with Gasteiger partial charge in [0.1, 0.15) is 12.1 Å². The number of ether oxygens (including phenoxy) is 2. The molecule has 1 aliphatic heterocycles. The lowest BCUT2D eigenvalue weighted by Crippen LogP contribution is -2.34. The Kier molecular flexibility index (Phi) is 4.73. The molecule has 0 amide bonds. The molecule has 0 fully saturated rings. The van der Waals surface area contributed by atoms with Crippen LogP contribution in [0, 0.1) is 6.92 Å². The molecule has 1 atom stereocenters. The number of hydrogen-bond donors (Lipinski definition) is 0. The van der Waals surface area contributed by atoms with Crippen molar-refractivity contribution in [3.8, 4) is 17.2 Å². The number of fused-ring (bicyclic) bond motifs is 2. The Morgan fingerprint density at radius 1 is 1.03 bits per heavy atom. The van der Waals surface area contributed by atoms with Crippen LogP contribution in [0.1, 0.15) is 29.7 Å². The normalized spacial score (nSPS) is 15.7. The Morgan fingerprint density at radius 3 is 2.61 bits per heavy atom. The maximum Gasteiger partial charge on any atom is 0.168 e. The van der Waals surface area contributed by atoms with Crippen molar-refractivity contribution in [3.63, 3.8) is 0 Å². The van der Waals surface area contributed by atoms with Crippen LogP contribution >= 0.6 is 0 Å². The van der Waals surface area contributed by atoms with E-state index in [1.165, 1.54) is 16.7 Å². The Balaban J connectivity index is 1.58. The Morgan fingerprint density at radius 2 is 1.84 bits per heavy atom. The molecule has 7 nitrogen and oxygen atoms in total. The van der Waals surface area contributed by atoms with Crippen LogP contribution in [0.2, 0.25) is 0 Å². The summed E-state index contributed by atoms with van der Waals surface area (Å²) in [6, 6.07) is 12.6. The van der Waals surface area contributed by atoms with Crippen molar-refractivity contribution < 1.29 is 9.47 Å². The standard InChI is InChI=1S/C24H25N5O2/c1-15-6-5-7-18(10-15)29-24-20(13-27-29)23(25-14-26-24)28-9-8-17-11-21(30-3)22(31-4)12-19(17)16(28)2/h5-7,10-14,16H,8-9H2,1-4H3. The summed E-state index contributed by atoms with van der Waals surface area (Å²) in [6.07, 6.45) is 4.39. The van der Waals surface area contributed by atoms with E-state index in [1.54, 1.807) is 20.5 Å². The van der Waals surface area contributed by atoms with Gasteiger partial charge in [0.25, 0.3) is 0 Å². The average molecular weight is 415 g/mol. The number of hydrogen-bond acceptors (Lipinski definition) is 6. The van der Waals surface area contributed by atoms with E-state index in [-0.39, 0.29) is 6.04 Å². The fourth-order valence-electron chi connectivity index (χ4n) is 4.44. The van der Waals surface area contributed by atoms with Crippen LogP contribution < -0.4 is 14.4 Å². The van der Waals surface area contributed by atoms with Gasteiger partial charge in [-0.25, -0.2) is 14.6 Å². The number of aromatic nitrogens is 4. The number of methoxy groups -OCH3 is 2. The maximum absolute atomic E-state index is 5.54. The van der Waals surface area contributed by atoms with Gasteiger partial charge in [-0.15, -0.1) is 0 Å². The van der Waals surface area contributed by atoms with E-state index < -0.39 is 0 Å². The molecule has 1 unspecified atom stereocenters. The molecule has 2 aromatic heterocycles. The molecule has 0 bridgehead atoms. The first kappa shape index (κ1) is 19.4. The highest BCUT2D eigenvalue weighted by molar-refractivity contribution is 5.88. The van der Waals surface area contributed by atoms with Crippen molar-refractivity contribution in [2.75, 3.05) is 25.7 Å². The van der Waals surface area contributed by atoms with E-state index in [0.717, 1.165) is 47.0 Å². The molecule has 4 aromatic rings. The summed E-state index contributed by atoms with van der Waals surface area (Å²) >= 11 is 0. The Hall–Kier alpha value is -3.61. The lowest BCUT2D eigenvalue weighted by atomic mass is 9.92. The quantitative estimate of drug-likeness (QED) is 0.496. The van der Waals surface area contributed by atoms with E-state index in [4.69, 9.17) is 9.47 Å². The molecule has 0 saturated carbocycles. The first-order valence-corrected chi connectivity index (χ1v) is 10.4. The highest BCUT2D eigenvalue weighted by Gasteiger charge is 2.28. The van der Waals surface area contributed by atoms with Gasteiger partial charge < -0.3 is 14.4 Å². The van der Waals surface area contributed by atoms with Crippen molar-refractivity contribution in [1.82, 2.24) is 19.7 Å². The lowest BCUT2D eigenvalue weighted by Gasteiger charge is -2.36. The second kappa shape index (κ2) is 7.58. The zero-order valence-electron chi connectivity index (χ0n) is 18.2. The molecule has 0 saturated heterocycles. The molecule has 7 heteroatoms. The molecule has 0 N–H and O–H groups in total. The minimum absolute atomic E-state index is 0.129. The van der Waals surface area contributed by atoms with E-state index in [2.05, 4.69) is 58.1 Å². The summed E-state index contributed by atoms with van der Waals surface area (Å²) in [5.74, 6) is 2.41. The van der Waals surface area contributed by atoms with Gasteiger partial charge in [-0.3, -0.25) is 0 Å². The topological polar surface area (TPSA) is 65.3 Å². The van der Waals surface area contributed by atoms with Crippen LogP contribution in [0.5, 0.6) is 11.5 Å². The summed E-state index contributed by atoms with van der Waals surface area (Å²) in [7, 11) is 3.34. The summed E-state index contributed by atoms with van der Waals surface area (Å²) < 4.78 is 12.9. The number of nitrogens with zero attached hydrogens (tertiary/aromatic N) is 5. The van der Waals surface area contributed by atoms with Gasteiger partial charge >= 0.3 is 0 Å². The molecule has 3 heterocycles. The molecule has 0 aliphatic carbocycles.